The van der Waals surface area contributed by atoms with Gasteiger partial charge in [-0.05, 0) is 6.42 Å². The van der Waals surface area contributed by atoms with Gasteiger partial charge in [0.1, 0.15) is 6.10 Å². The van der Waals surface area contributed by atoms with Gasteiger partial charge in [-0.15, -0.1) is 0 Å². The second-order valence-corrected chi connectivity index (χ2v) is 3.37. The van der Waals surface area contributed by atoms with E-state index in [9.17, 15) is 4.79 Å². The second kappa shape index (κ2) is 5.07. The number of carbonyl (C=O) groups is 1. The molecule has 1 atom stereocenters. The minimum Gasteiger partial charge on any atom is -0.445 e. The van der Waals surface area contributed by atoms with Crippen LogP contribution in [-0.4, -0.2) is 36.7 Å². The summed E-state index contributed by atoms with van der Waals surface area (Å²) in [5.41, 5.74) is 5.42. The molecular weight excluding hydrogens is 168 g/mol. The van der Waals surface area contributed by atoms with E-state index in [1.54, 1.807) is 4.90 Å². The Morgan fingerprint density at radius 2 is 2.46 bits per heavy atom. The van der Waals surface area contributed by atoms with E-state index in [4.69, 9.17) is 10.5 Å². The van der Waals surface area contributed by atoms with Gasteiger partial charge in [-0.1, -0.05) is 13.3 Å². The Balaban J connectivity index is 2.31. The maximum atomic E-state index is 11.3. The second-order valence-electron chi connectivity index (χ2n) is 3.37. The van der Waals surface area contributed by atoms with Crippen LogP contribution in [0.3, 0.4) is 0 Å². The Morgan fingerprint density at radius 3 is 3.00 bits per heavy atom. The third kappa shape index (κ3) is 2.88. The van der Waals surface area contributed by atoms with Gasteiger partial charge >= 0.3 is 6.09 Å². The SMILES string of the molecule is CCCCN1CCC(CN)OC1=O. The van der Waals surface area contributed by atoms with Gasteiger partial charge in [0.15, 0.2) is 0 Å². The molecule has 0 aromatic carbocycles. The van der Waals surface area contributed by atoms with Crippen molar-refractivity contribution < 1.29 is 9.53 Å². The normalized spacial score (nSPS) is 23.1. The van der Waals surface area contributed by atoms with Crippen molar-refractivity contribution in [3.8, 4) is 0 Å². The fraction of sp³-hybridized carbons (Fsp3) is 0.889. The summed E-state index contributed by atoms with van der Waals surface area (Å²) in [6.07, 6.45) is 2.75. The number of unbranched alkanes of at least 4 members (excludes halogenated alkanes) is 1. The van der Waals surface area contributed by atoms with E-state index in [2.05, 4.69) is 6.92 Å². The zero-order valence-electron chi connectivity index (χ0n) is 8.16. The highest BCUT2D eigenvalue weighted by molar-refractivity contribution is 5.68. The first-order chi connectivity index (χ1) is 6.27. The average molecular weight is 186 g/mol. The Bertz CT molecular complexity index is 173. The molecule has 1 saturated heterocycles. The van der Waals surface area contributed by atoms with Crippen LogP contribution in [0.25, 0.3) is 0 Å². The van der Waals surface area contributed by atoms with Crippen LogP contribution in [-0.2, 0) is 4.74 Å². The van der Waals surface area contributed by atoms with Crippen molar-refractivity contribution >= 4 is 6.09 Å². The van der Waals surface area contributed by atoms with E-state index in [-0.39, 0.29) is 12.2 Å². The molecule has 1 rings (SSSR count). The number of nitrogens with two attached hydrogens (primary N) is 1. The molecule has 1 fully saturated rings. The predicted octanol–water partition coefficient (Wildman–Crippen LogP) is 0.956. The lowest BCUT2D eigenvalue weighted by Gasteiger charge is -2.31. The van der Waals surface area contributed by atoms with Gasteiger partial charge in [0, 0.05) is 26.1 Å². The average Bonchev–Trinajstić information content (AvgIpc) is 2.16. The fourth-order valence-corrected chi connectivity index (χ4v) is 1.39. The summed E-state index contributed by atoms with van der Waals surface area (Å²) in [4.78, 5) is 13.1. The molecule has 2 N–H and O–H groups in total. The molecular formula is C9H18N2O2. The highest BCUT2D eigenvalue weighted by atomic mass is 16.6. The molecule has 4 nitrogen and oxygen atoms in total. The molecule has 0 aliphatic carbocycles. The molecule has 0 saturated carbocycles. The van der Waals surface area contributed by atoms with Crippen molar-refractivity contribution in [1.29, 1.82) is 0 Å². The highest BCUT2D eigenvalue weighted by Gasteiger charge is 2.25. The van der Waals surface area contributed by atoms with Crippen LogP contribution in [0, 0.1) is 0 Å². The summed E-state index contributed by atoms with van der Waals surface area (Å²) < 4.78 is 5.11. The van der Waals surface area contributed by atoms with Gasteiger partial charge in [-0.2, -0.15) is 0 Å². The number of hydrogen-bond donors (Lipinski definition) is 1. The zero-order chi connectivity index (χ0) is 9.68. The van der Waals surface area contributed by atoms with E-state index >= 15 is 0 Å². The Kier molecular flexibility index (Phi) is 4.02. The Morgan fingerprint density at radius 1 is 1.69 bits per heavy atom. The summed E-state index contributed by atoms with van der Waals surface area (Å²) in [5.74, 6) is 0. The number of amides is 1. The van der Waals surface area contributed by atoms with Gasteiger partial charge in [0.25, 0.3) is 0 Å². The molecule has 13 heavy (non-hydrogen) atoms. The van der Waals surface area contributed by atoms with Gasteiger partial charge in [0.2, 0.25) is 0 Å². The number of nitrogens with zero attached hydrogens (tertiary/aromatic N) is 1. The molecule has 1 amide bonds. The minimum atomic E-state index is -0.199. The maximum Gasteiger partial charge on any atom is 0.410 e. The first-order valence-corrected chi connectivity index (χ1v) is 4.93. The van der Waals surface area contributed by atoms with Crippen molar-refractivity contribution in [1.82, 2.24) is 4.90 Å². The van der Waals surface area contributed by atoms with Crippen molar-refractivity contribution in [3.63, 3.8) is 0 Å². The summed E-state index contributed by atoms with van der Waals surface area (Å²) >= 11 is 0. The van der Waals surface area contributed by atoms with Crippen molar-refractivity contribution in [2.24, 2.45) is 5.73 Å². The first kappa shape index (κ1) is 10.3. The summed E-state index contributed by atoms with van der Waals surface area (Å²) in [6.45, 7) is 4.15. The molecule has 0 bridgehead atoms. The quantitative estimate of drug-likeness (QED) is 0.711. The monoisotopic (exact) mass is 186 g/mol. The molecule has 4 heteroatoms. The lowest BCUT2D eigenvalue weighted by Crippen LogP contribution is -2.44. The van der Waals surface area contributed by atoms with E-state index in [1.807, 2.05) is 0 Å². The molecule has 1 unspecified atom stereocenters. The van der Waals surface area contributed by atoms with Gasteiger partial charge in [-0.25, -0.2) is 4.79 Å². The van der Waals surface area contributed by atoms with Gasteiger partial charge in [-0.3, -0.25) is 0 Å². The van der Waals surface area contributed by atoms with Crippen molar-refractivity contribution in [2.75, 3.05) is 19.6 Å². The number of cyclic esters (lactones) is 1. The Labute approximate surface area is 79.0 Å². The molecule has 0 radical (unpaired) electrons. The van der Waals surface area contributed by atoms with Crippen molar-refractivity contribution in [2.45, 2.75) is 32.3 Å². The van der Waals surface area contributed by atoms with Crippen molar-refractivity contribution in [3.05, 3.63) is 0 Å². The topological polar surface area (TPSA) is 55.6 Å². The molecule has 1 aliphatic heterocycles. The lowest BCUT2D eigenvalue weighted by molar-refractivity contribution is 0.0287. The van der Waals surface area contributed by atoms with Gasteiger partial charge in [0.05, 0.1) is 0 Å². The third-order valence-electron chi connectivity index (χ3n) is 2.29. The third-order valence-corrected chi connectivity index (χ3v) is 2.29. The molecule has 76 valence electrons. The van der Waals surface area contributed by atoms with E-state index < -0.39 is 0 Å². The van der Waals surface area contributed by atoms with E-state index in [0.717, 1.165) is 32.4 Å². The van der Waals surface area contributed by atoms with Crippen LogP contribution >= 0.6 is 0 Å². The predicted molar refractivity (Wildman–Crippen MR) is 50.4 cm³/mol. The molecule has 0 aromatic rings. The van der Waals surface area contributed by atoms with Crippen LogP contribution in [0.15, 0.2) is 0 Å². The van der Waals surface area contributed by atoms with E-state index in [1.165, 1.54) is 0 Å². The lowest BCUT2D eigenvalue weighted by atomic mass is 10.2. The molecule has 1 heterocycles. The molecule has 1 aliphatic rings. The fourth-order valence-electron chi connectivity index (χ4n) is 1.39. The highest BCUT2D eigenvalue weighted by Crippen LogP contribution is 2.11. The maximum absolute atomic E-state index is 11.3. The molecule has 0 aromatic heterocycles. The van der Waals surface area contributed by atoms with Crippen LogP contribution < -0.4 is 5.73 Å². The van der Waals surface area contributed by atoms with Crippen LogP contribution in [0.2, 0.25) is 0 Å². The summed E-state index contributed by atoms with van der Waals surface area (Å²) in [6, 6.07) is 0. The first-order valence-electron chi connectivity index (χ1n) is 4.93. The largest absolute Gasteiger partial charge is 0.445 e. The smallest absolute Gasteiger partial charge is 0.410 e. The van der Waals surface area contributed by atoms with Crippen LogP contribution in [0.4, 0.5) is 4.79 Å². The van der Waals surface area contributed by atoms with Crippen LogP contribution in [0.1, 0.15) is 26.2 Å². The number of carbonyl (C=O) groups excluding carboxylic acids is 1. The standard InChI is InChI=1S/C9H18N2O2/c1-2-3-5-11-6-4-8(7-10)13-9(11)12/h8H,2-7,10H2,1H3. The summed E-state index contributed by atoms with van der Waals surface area (Å²) in [5, 5.41) is 0. The zero-order valence-corrected chi connectivity index (χ0v) is 8.16. The van der Waals surface area contributed by atoms with Gasteiger partial charge < -0.3 is 15.4 Å². The Hall–Kier alpha value is -0.770. The number of hydrogen-bond acceptors (Lipinski definition) is 3. The molecule has 0 spiro atoms. The number of rotatable bonds is 4. The number of ether oxygens (including phenoxy) is 1. The van der Waals surface area contributed by atoms with E-state index in [0.29, 0.717) is 6.54 Å². The van der Waals surface area contributed by atoms with Crippen LogP contribution in [0.5, 0.6) is 0 Å². The summed E-state index contributed by atoms with van der Waals surface area (Å²) in [7, 11) is 0. The minimum absolute atomic E-state index is 0.0645.